The first kappa shape index (κ1) is 17.5. The molecule has 0 saturated heterocycles. The highest BCUT2D eigenvalue weighted by Gasteiger charge is 2.22. The second-order valence-electron chi connectivity index (χ2n) is 4.67. The minimum Gasteiger partial charge on any atom is -0.493 e. The minimum absolute atomic E-state index is 0.0488. The lowest BCUT2D eigenvalue weighted by Gasteiger charge is -2.09. The summed E-state index contributed by atoms with van der Waals surface area (Å²) in [7, 11) is 1.29. The predicted molar refractivity (Wildman–Crippen MR) is 83.1 cm³/mol. The molecule has 0 spiro atoms. The molecule has 2 aromatic carbocycles. The largest absolute Gasteiger partial charge is 0.493 e. The molecule has 10 nitrogen and oxygen atoms in total. The zero-order valence-electron chi connectivity index (χ0n) is 12.7. The first-order valence-electron chi connectivity index (χ1n) is 6.65. The van der Waals surface area contributed by atoms with Crippen LogP contribution in [-0.4, -0.2) is 29.2 Å². The van der Waals surface area contributed by atoms with Crippen molar-refractivity contribution < 1.29 is 28.9 Å². The van der Waals surface area contributed by atoms with Crippen LogP contribution in [0.25, 0.3) is 0 Å². The third kappa shape index (κ3) is 3.93. The molecule has 128 valence electrons. The predicted octanol–water partition coefficient (Wildman–Crippen LogP) is 2.54. The molecule has 0 N–H and O–H groups in total. The standard InChI is InChI=1S/C15H10N2O8/c1-24-14-4-9(8-18)2-3-13(14)25-15(19)10-5-11(16(20)21)7-12(6-10)17(22)23/h2-8H,1H3. The summed E-state index contributed by atoms with van der Waals surface area (Å²) >= 11 is 0. The van der Waals surface area contributed by atoms with Gasteiger partial charge in [0.05, 0.1) is 28.6 Å². The van der Waals surface area contributed by atoms with Crippen molar-refractivity contribution in [1.29, 1.82) is 0 Å². The molecule has 0 aromatic heterocycles. The second kappa shape index (κ2) is 7.17. The Morgan fingerprint density at radius 1 is 1.00 bits per heavy atom. The van der Waals surface area contributed by atoms with Gasteiger partial charge in [0.2, 0.25) is 0 Å². The Morgan fingerprint density at radius 2 is 1.60 bits per heavy atom. The van der Waals surface area contributed by atoms with Crippen LogP contribution in [0.15, 0.2) is 36.4 Å². The maximum atomic E-state index is 12.2. The molecular weight excluding hydrogens is 336 g/mol. The highest BCUT2D eigenvalue weighted by molar-refractivity contribution is 5.93. The summed E-state index contributed by atoms with van der Waals surface area (Å²) in [5.74, 6) is -1.02. The lowest BCUT2D eigenvalue weighted by Crippen LogP contribution is -2.10. The van der Waals surface area contributed by atoms with Crippen molar-refractivity contribution >= 4 is 23.6 Å². The second-order valence-corrected chi connectivity index (χ2v) is 4.67. The number of carbonyl (C=O) groups excluding carboxylic acids is 2. The average molecular weight is 346 g/mol. The number of hydrogen-bond acceptors (Lipinski definition) is 8. The van der Waals surface area contributed by atoms with E-state index in [0.717, 1.165) is 18.2 Å². The SMILES string of the molecule is COc1cc(C=O)ccc1OC(=O)c1cc([N+](=O)[O-])cc([N+](=O)[O-])c1. The van der Waals surface area contributed by atoms with Crippen LogP contribution in [0.3, 0.4) is 0 Å². The van der Waals surface area contributed by atoms with Gasteiger partial charge in [0.25, 0.3) is 11.4 Å². The lowest BCUT2D eigenvalue weighted by molar-refractivity contribution is -0.394. The quantitative estimate of drug-likeness (QED) is 0.255. The molecule has 0 fully saturated rings. The number of hydrogen-bond donors (Lipinski definition) is 0. The number of rotatable bonds is 6. The van der Waals surface area contributed by atoms with Gasteiger partial charge in [0.15, 0.2) is 11.5 Å². The van der Waals surface area contributed by atoms with E-state index >= 15 is 0 Å². The number of carbonyl (C=O) groups is 2. The maximum absolute atomic E-state index is 12.2. The van der Waals surface area contributed by atoms with Crippen molar-refractivity contribution in [2.45, 2.75) is 0 Å². The van der Waals surface area contributed by atoms with E-state index in [1.54, 1.807) is 0 Å². The van der Waals surface area contributed by atoms with E-state index in [4.69, 9.17) is 9.47 Å². The van der Waals surface area contributed by atoms with Crippen LogP contribution < -0.4 is 9.47 Å². The first-order valence-corrected chi connectivity index (χ1v) is 6.65. The van der Waals surface area contributed by atoms with Gasteiger partial charge < -0.3 is 9.47 Å². The van der Waals surface area contributed by atoms with Crippen LogP contribution in [-0.2, 0) is 0 Å². The number of nitro groups is 2. The van der Waals surface area contributed by atoms with Crippen molar-refractivity contribution in [3.8, 4) is 11.5 Å². The number of non-ortho nitro benzene ring substituents is 2. The van der Waals surface area contributed by atoms with E-state index in [1.807, 2.05) is 0 Å². The summed E-state index contributed by atoms with van der Waals surface area (Å²) in [5, 5.41) is 21.7. The fourth-order valence-corrected chi connectivity index (χ4v) is 1.92. The van der Waals surface area contributed by atoms with Gasteiger partial charge in [-0.15, -0.1) is 0 Å². The summed E-state index contributed by atoms with van der Waals surface area (Å²) in [6.45, 7) is 0. The summed E-state index contributed by atoms with van der Waals surface area (Å²) in [5.41, 5.74) is -1.33. The van der Waals surface area contributed by atoms with Gasteiger partial charge >= 0.3 is 5.97 Å². The smallest absolute Gasteiger partial charge is 0.344 e. The van der Waals surface area contributed by atoms with E-state index < -0.39 is 27.2 Å². The van der Waals surface area contributed by atoms with Crippen molar-refractivity contribution in [3.05, 3.63) is 67.8 Å². The zero-order chi connectivity index (χ0) is 18.6. The Bertz CT molecular complexity index is 846. The van der Waals surface area contributed by atoms with Gasteiger partial charge in [-0.3, -0.25) is 25.0 Å². The van der Waals surface area contributed by atoms with Crippen molar-refractivity contribution in [1.82, 2.24) is 0 Å². The molecule has 0 bridgehead atoms. The fraction of sp³-hybridized carbons (Fsp3) is 0.0667. The molecule has 0 atom stereocenters. The Kier molecular flexibility index (Phi) is 5.03. The van der Waals surface area contributed by atoms with Crippen molar-refractivity contribution in [2.75, 3.05) is 7.11 Å². The number of aldehydes is 1. The number of nitrogens with zero attached hydrogens (tertiary/aromatic N) is 2. The fourth-order valence-electron chi connectivity index (χ4n) is 1.92. The molecule has 0 heterocycles. The number of esters is 1. The number of nitro benzene ring substituents is 2. The van der Waals surface area contributed by atoms with Crippen LogP contribution in [0.1, 0.15) is 20.7 Å². The first-order chi connectivity index (χ1) is 11.8. The Hall–Kier alpha value is -3.82. The highest BCUT2D eigenvalue weighted by Crippen LogP contribution is 2.29. The van der Waals surface area contributed by atoms with Gasteiger partial charge in [-0.2, -0.15) is 0 Å². The van der Waals surface area contributed by atoms with E-state index in [2.05, 4.69) is 0 Å². The van der Waals surface area contributed by atoms with Gasteiger partial charge in [0, 0.05) is 17.7 Å². The summed E-state index contributed by atoms with van der Waals surface area (Å²) in [6, 6.07) is 6.45. The van der Waals surface area contributed by atoms with Gasteiger partial charge in [-0.1, -0.05) is 0 Å². The average Bonchev–Trinajstić information content (AvgIpc) is 2.61. The third-order valence-corrected chi connectivity index (χ3v) is 3.09. The molecule has 2 aromatic rings. The van der Waals surface area contributed by atoms with E-state index in [1.165, 1.54) is 25.3 Å². The normalized spacial score (nSPS) is 9.96. The third-order valence-electron chi connectivity index (χ3n) is 3.09. The van der Waals surface area contributed by atoms with E-state index in [0.29, 0.717) is 6.29 Å². The molecule has 0 aliphatic heterocycles. The molecule has 25 heavy (non-hydrogen) atoms. The molecule has 2 rings (SSSR count). The minimum atomic E-state index is -1.05. The van der Waals surface area contributed by atoms with Gasteiger partial charge in [-0.05, 0) is 18.2 Å². The lowest BCUT2D eigenvalue weighted by atomic mass is 10.1. The summed E-state index contributed by atoms with van der Waals surface area (Å²) in [4.78, 5) is 42.9. The topological polar surface area (TPSA) is 139 Å². The Balaban J connectivity index is 2.40. The monoisotopic (exact) mass is 346 g/mol. The zero-order valence-corrected chi connectivity index (χ0v) is 12.7. The summed E-state index contributed by atoms with van der Waals surface area (Å²) < 4.78 is 10.1. The van der Waals surface area contributed by atoms with Crippen molar-refractivity contribution in [2.24, 2.45) is 0 Å². The number of methoxy groups -OCH3 is 1. The van der Waals surface area contributed by atoms with Crippen LogP contribution in [0.5, 0.6) is 11.5 Å². The molecule has 0 aliphatic rings. The van der Waals surface area contributed by atoms with Crippen LogP contribution in [0.2, 0.25) is 0 Å². The molecule has 0 aliphatic carbocycles. The summed E-state index contributed by atoms with van der Waals surface area (Å²) in [6.07, 6.45) is 0.567. The molecule has 10 heteroatoms. The van der Waals surface area contributed by atoms with Crippen LogP contribution in [0.4, 0.5) is 11.4 Å². The Labute approximate surface area is 139 Å². The van der Waals surface area contributed by atoms with E-state index in [9.17, 15) is 29.8 Å². The molecule has 0 saturated carbocycles. The number of benzene rings is 2. The molecule has 0 unspecified atom stereocenters. The van der Waals surface area contributed by atoms with Crippen molar-refractivity contribution in [3.63, 3.8) is 0 Å². The van der Waals surface area contributed by atoms with Crippen LogP contribution >= 0.6 is 0 Å². The van der Waals surface area contributed by atoms with Gasteiger partial charge in [-0.25, -0.2) is 4.79 Å². The molecule has 0 amide bonds. The van der Waals surface area contributed by atoms with Gasteiger partial charge in [0.1, 0.15) is 6.29 Å². The van der Waals surface area contributed by atoms with Crippen LogP contribution in [0, 0.1) is 20.2 Å². The highest BCUT2D eigenvalue weighted by atomic mass is 16.6. The molecule has 0 radical (unpaired) electrons. The maximum Gasteiger partial charge on any atom is 0.344 e. The number of ether oxygens (including phenoxy) is 2. The Morgan fingerprint density at radius 3 is 2.08 bits per heavy atom. The molecular formula is C15H10N2O8. The van der Waals surface area contributed by atoms with E-state index in [-0.39, 0.29) is 22.6 Å².